The number of thioether (sulfide) groups is 1. The molecule has 0 saturated carbocycles. The van der Waals surface area contributed by atoms with E-state index in [1.807, 2.05) is 0 Å². The van der Waals surface area contributed by atoms with Crippen LogP contribution in [0.5, 0.6) is 0 Å². The molecule has 0 aromatic heterocycles. The first kappa shape index (κ1) is 18.8. The van der Waals surface area contributed by atoms with E-state index in [0.29, 0.717) is 11.3 Å². The second-order valence-corrected chi connectivity index (χ2v) is 7.64. The molecule has 2 aliphatic heterocycles. The lowest BCUT2D eigenvalue weighted by atomic mass is 9.99. The molecule has 8 nitrogen and oxygen atoms in total. The molecule has 2 N–H and O–H groups in total. The Balaban J connectivity index is 2.36. The number of nitrogens with two attached hydrogens (primary N) is 1. The number of β-lactam (4-membered cyclic amide) rings is 1. The van der Waals surface area contributed by atoms with Crippen LogP contribution in [0.3, 0.4) is 0 Å². The van der Waals surface area contributed by atoms with E-state index >= 15 is 0 Å². The second-order valence-electron chi connectivity index (χ2n) is 6.57. The summed E-state index contributed by atoms with van der Waals surface area (Å²) in [5, 5.41) is -0.529. The molecule has 2 aliphatic rings. The summed E-state index contributed by atoms with van der Waals surface area (Å²) in [7, 11) is 1.35. The third-order valence-corrected chi connectivity index (χ3v) is 4.92. The van der Waals surface area contributed by atoms with Crippen LogP contribution in [-0.2, 0) is 28.6 Å². The Bertz CT molecular complexity index is 612. The summed E-state index contributed by atoms with van der Waals surface area (Å²) in [6, 6.07) is 0. The van der Waals surface area contributed by atoms with E-state index in [9.17, 15) is 14.4 Å². The topological polar surface area (TPSA) is 108 Å². The molecular formula is C15H22N2O6S. The van der Waals surface area contributed by atoms with Crippen molar-refractivity contribution in [3.63, 3.8) is 0 Å². The summed E-state index contributed by atoms with van der Waals surface area (Å²) in [6.07, 6.45) is 0. The molecule has 1 saturated heterocycles. The number of methoxy groups -OCH3 is 1. The minimum atomic E-state index is -1.47. The molecule has 1 fully saturated rings. The van der Waals surface area contributed by atoms with Gasteiger partial charge in [-0.2, -0.15) is 0 Å². The van der Waals surface area contributed by atoms with Crippen LogP contribution in [0.25, 0.3) is 0 Å². The SMILES string of the molecule is CO[C@@]1(N)C(=O)N2C(C(=O)OC(C)(C)C)=C(COC(C)=O)CS[C@H]21. The van der Waals surface area contributed by atoms with Gasteiger partial charge < -0.3 is 14.2 Å². The number of rotatable bonds is 4. The fourth-order valence-corrected chi connectivity index (χ4v) is 3.79. The Morgan fingerprint density at radius 3 is 2.54 bits per heavy atom. The van der Waals surface area contributed by atoms with Crippen LogP contribution in [0.4, 0.5) is 0 Å². The number of nitrogens with zero attached hydrogens (tertiary/aromatic N) is 1. The number of hydrogen-bond acceptors (Lipinski definition) is 8. The van der Waals surface area contributed by atoms with Crippen molar-refractivity contribution in [2.75, 3.05) is 19.5 Å². The molecule has 0 unspecified atom stereocenters. The number of hydrogen-bond donors (Lipinski definition) is 1. The first-order valence-corrected chi connectivity index (χ1v) is 8.44. The molecule has 0 aliphatic carbocycles. The van der Waals surface area contributed by atoms with Crippen LogP contribution in [0.2, 0.25) is 0 Å². The van der Waals surface area contributed by atoms with Crippen molar-refractivity contribution >= 4 is 29.6 Å². The molecule has 0 aromatic rings. The van der Waals surface area contributed by atoms with Crippen LogP contribution < -0.4 is 5.73 Å². The van der Waals surface area contributed by atoms with E-state index < -0.39 is 34.5 Å². The summed E-state index contributed by atoms with van der Waals surface area (Å²) < 4.78 is 15.5. The lowest BCUT2D eigenvalue weighted by Crippen LogP contribution is -2.78. The fourth-order valence-electron chi connectivity index (χ4n) is 2.42. The van der Waals surface area contributed by atoms with E-state index in [-0.39, 0.29) is 12.3 Å². The highest BCUT2D eigenvalue weighted by atomic mass is 32.2. The van der Waals surface area contributed by atoms with Gasteiger partial charge in [-0.25, -0.2) is 4.79 Å². The molecular weight excluding hydrogens is 336 g/mol. The van der Waals surface area contributed by atoms with Gasteiger partial charge in [-0.05, 0) is 20.8 Å². The van der Waals surface area contributed by atoms with Crippen LogP contribution >= 0.6 is 11.8 Å². The summed E-state index contributed by atoms with van der Waals surface area (Å²) >= 11 is 1.35. The summed E-state index contributed by atoms with van der Waals surface area (Å²) in [5.41, 5.74) is 4.35. The molecule has 0 spiro atoms. The zero-order chi connectivity index (χ0) is 18.3. The maximum Gasteiger partial charge on any atom is 0.355 e. The van der Waals surface area contributed by atoms with Crippen molar-refractivity contribution in [1.29, 1.82) is 0 Å². The van der Waals surface area contributed by atoms with Gasteiger partial charge in [0.15, 0.2) is 0 Å². The Morgan fingerprint density at radius 2 is 2.04 bits per heavy atom. The second kappa shape index (κ2) is 6.38. The normalized spacial score (nSPS) is 26.7. The van der Waals surface area contributed by atoms with E-state index in [0.717, 1.165) is 0 Å². The summed E-state index contributed by atoms with van der Waals surface area (Å²) in [5.74, 6) is -1.28. The highest BCUT2D eigenvalue weighted by Gasteiger charge is 2.63. The van der Waals surface area contributed by atoms with Gasteiger partial charge in [0.2, 0.25) is 5.72 Å². The van der Waals surface area contributed by atoms with Crippen molar-refractivity contribution in [3.05, 3.63) is 11.3 Å². The van der Waals surface area contributed by atoms with Crippen LogP contribution in [0.15, 0.2) is 11.3 Å². The third kappa shape index (κ3) is 3.28. The van der Waals surface area contributed by atoms with E-state index in [1.54, 1.807) is 20.8 Å². The third-order valence-electron chi connectivity index (χ3n) is 3.53. The van der Waals surface area contributed by atoms with Gasteiger partial charge in [0.1, 0.15) is 23.3 Å². The van der Waals surface area contributed by atoms with Crippen LogP contribution in [0, 0.1) is 0 Å². The highest BCUT2D eigenvalue weighted by Crippen LogP contribution is 2.45. The number of amides is 1. The van der Waals surface area contributed by atoms with Crippen LogP contribution in [0.1, 0.15) is 27.7 Å². The molecule has 24 heavy (non-hydrogen) atoms. The predicted molar refractivity (Wildman–Crippen MR) is 86.5 cm³/mol. The van der Waals surface area contributed by atoms with Crippen molar-refractivity contribution < 1.29 is 28.6 Å². The van der Waals surface area contributed by atoms with Gasteiger partial charge in [-0.15, -0.1) is 11.8 Å². The minimum absolute atomic E-state index is 0.0815. The molecule has 0 radical (unpaired) electrons. The minimum Gasteiger partial charge on any atom is -0.461 e. The molecule has 2 rings (SSSR count). The molecule has 2 atom stereocenters. The zero-order valence-electron chi connectivity index (χ0n) is 14.4. The Labute approximate surface area is 144 Å². The van der Waals surface area contributed by atoms with Gasteiger partial charge in [-0.1, -0.05) is 0 Å². The molecule has 134 valence electrons. The van der Waals surface area contributed by atoms with E-state index in [1.165, 1.54) is 30.7 Å². The number of ether oxygens (including phenoxy) is 3. The van der Waals surface area contributed by atoms with Crippen molar-refractivity contribution in [2.45, 2.75) is 44.4 Å². The van der Waals surface area contributed by atoms with E-state index in [4.69, 9.17) is 19.9 Å². The number of carbonyl (C=O) groups excluding carboxylic acids is 3. The fraction of sp³-hybridized carbons (Fsp3) is 0.667. The Kier molecular flexibility index (Phi) is 4.98. The molecule has 1 amide bonds. The molecule has 0 aromatic carbocycles. The summed E-state index contributed by atoms with van der Waals surface area (Å²) in [6.45, 7) is 6.38. The Hall–Kier alpha value is -1.58. The van der Waals surface area contributed by atoms with Crippen LogP contribution in [-0.4, -0.2) is 58.9 Å². The molecule has 0 bridgehead atoms. The van der Waals surface area contributed by atoms with Crippen molar-refractivity contribution in [3.8, 4) is 0 Å². The van der Waals surface area contributed by atoms with Crippen molar-refractivity contribution in [1.82, 2.24) is 4.90 Å². The van der Waals surface area contributed by atoms with E-state index in [2.05, 4.69) is 0 Å². The number of esters is 2. The monoisotopic (exact) mass is 358 g/mol. The smallest absolute Gasteiger partial charge is 0.355 e. The number of carbonyl (C=O) groups is 3. The first-order chi connectivity index (χ1) is 11.0. The quantitative estimate of drug-likeness (QED) is 0.436. The standard InChI is InChI=1S/C15H22N2O6S/c1-8(18)22-6-9-7-24-13-15(16,21-5)12(20)17(13)10(9)11(19)23-14(2,3)4/h13H,6-7,16H2,1-5H3/t13-,15-/m0/s1. The first-order valence-electron chi connectivity index (χ1n) is 7.39. The Morgan fingerprint density at radius 1 is 1.42 bits per heavy atom. The van der Waals surface area contributed by atoms with Gasteiger partial charge in [0.25, 0.3) is 5.91 Å². The average Bonchev–Trinajstić information content (AvgIpc) is 2.48. The van der Waals surface area contributed by atoms with Gasteiger partial charge in [0.05, 0.1) is 0 Å². The molecule has 9 heteroatoms. The van der Waals surface area contributed by atoms with Gasteiger partial charge >= 0.3 is 11.9 Å². The number of fused-ring (bicyclic) bond motifs is 1. The molecule has 2 heterocycles. The maximum absolute atomic E-state index is 12.6. The van der Waals surface area contributed by atoms with Gasteiger partial charge in [0, 0.05) is 25.4 Å². The average molecular weight is 358 g/mol. The lowest BCUT2D eigenvalue weighted by molar-refractivity contribution is -0.185. The maximum atomic E-state index is 12.6. The predicted octanol–water partition coefficient (Wildman–Crippen LogP) is 0.362. The summed E-state index contributed by atoms with van der Waals surface area (Å²) in [4.78, 5) is 37.4. The lowest BCUT2D eigenvalue weighted by Gasteiger charge is -2.54. The largest absolute Gasteiger partial charge is 0.461 e. The highest BCUT2D eigenvalue weighted by molar-refractivity contribution is 8.00. The zero-order valence-corrected chi connectivity index (χ0v) is 15.2. The van der Waals surface area contributed by atoms with Crippen molar-refractivity contribution in [2.24, 2.45) is 5.73 Å². The van der Waals surface area contributed by atoms with Gasteiger partial charge in [-0.3, -0.25) is 20.2 Å².